The second-order valence-electron chi connectivity index (χ2n) is 5.26. The van der Waals surface area contributed by atoms with Gasteiger partial charge in [0.1, 0.15) is 0 Å². The van der Waals surface area contributed by atoms with Crippen LogP contribution in [-0.4, -0.2) is 61.7 Å². The highest BCUT2D eigenvalue weighted by Gasteiger charge is 2.20. The van der Waals surface area contributed by atoms with Crippen LogP contribution in [-0.2, 0) is 27.3 Å². The first-order valence-corrected chi connectivity index (χ1v) is 7.62. The van der Waals surface area contributed by atoms with Gasteiger partial charge in [-0.2, -0.15) is 0 Å². The van der Waals surface area contributed by atoms with Crippen molar-refractivity contribution in [1.29, 1.82) is 0 Å². The first kappa shape index (κ1) is 16.4. The fourth-order valence-corrected chi connectivity index (χ4v) is 1.88. The Bertz CT molecular complexity index is 382. The third-order valence-corrected chi connectivity index (χ3v) is 3.29. The molecule has 120 valence electrons. The van der Waals surface area contributed by atoms with Crippen molar-refractivity contribution in [1.82, 2.24) is 20.3 Å². The van der Waals surface area contributed by atoms with E-state index in [4.69, 9.17) is 14.2 Å². The standard InChI is InChI=1S/C14H26N4O3/c1-19-6-7-21-9-8-20-5-4-18-12-14(16-17-18)11-15-10-13-2-3-13/h12-13,15H,2-11H2,1H3. The van der Waals surface area contributed by atoms with E-state index in [0.29, 0.717) is 39.6 Å². The zero-order valence-electron chi connectivity index (χ0n) is 12.8. The van der Waals surface area contributed by atoms with Crippen LogP contribution in [0.3, 0.4) is 0 Å². The largest absolute Gasteiger partial charge is 0.382 e. The molecule has 0 aliphatic heterocycles. The molecule has 1 aromatic heterocycles. The molecule has 7 heteroatoms. The molecule has 1 aliphatic rings. The molecule has 0 atom stereocenters. The lowest BCUT2D eigenvalue weighted by atomic mass is 10.4. The number of aromatic nitrogens is 3. The van der Waals surface area contributed by atoms with Crippen LogP contribution in [0.25, 0.3) is 0 Å². The van der Waals surface area contributed by atoms with Crippen molar-refractivity contribution in [3.05, 3.63) is 11.9 Å². The molecule has 1 fully saturated rings. The quantitative estimate of drug-likeness (QED) is 0.533. The van der Waals surface area contributed by atoms with E-state index in [1.54, 1.807) is 7.11 Å². The van der Waals surface area contributed by atoms with Gasteiger partial charge in [-0.05, 0) is 25.3 Å². The SMILES string of the molecule is COCCOCCOCCn1cc(CNCC2CC2)nn1. The minimum Gasteiger partial charge on any atom is -0.382 e. The van der Waals surface area contributed by atoms with E-state index >= 15 is 0 Å². The van der Waals surface area contributed by atoms with Crippen LogP contribution in [0.15, 0.2) is 6.20 Å². The predicted molar refractivity (Wildman–Crippen MR) is 78.0 cm³/mol. The lowest BCUT2D eigenvalue weighted by molar-refractivity contribution is 0.0224. The molecule has 21 heavy (non-hydrogen) atoms. The molecule has 1 aromatic rings. The van der Waals surface area contributed by atoms with E-state index < -0.39 is 0 Å². The molecule has 2 rings (SSSR count). The highest BCUT2D eigenvalue weighted by atomic mass is 16.5. The van der Waals surface area contributed by atoms with Gasteiger partial charge < -0.3 is 19.5 Å². The number of ether oxygens (including phenoxy) is 3. The summed E-state index contributed by atoms with van der Waals surface area (Å²) >= 11 is 0. The molecule has 0 bridgehead atoms. The molecule has 1 N–H and O–H groups in total. The van der Waals surface area contributed by atoms with Gasteiger partial charge in [-0.15, -0.1) is 5.10 Å². The summed E-state index contributed by atoms with van der Waals surface area (Å²) < 4.78 is 17.5. The summed E-state index contributed by atoms with van der Waals surface area (Å²) in [4.78, 5) is 0. The third-order valence-electron chi connectivity index (χ3n) is 3.29. The van der Waals surface area contributed by atoms with Crippen LogP contribution in [0.1, 0.15) is 18.5 Å². The normalized spacial score (nSPS) is 14.7. The maximum absolute atomic E-state index is 5.48. The Kier molecular flexibility index (Phi) is 7.66. The molecular weight excluding hydrogens is 272 g/mol. The van der Waals surface area contributed by atoms with Crippen LogP contribution in [0, 0.1) is 5.92 Å². The van der Waals surface area contributed by atoms with E-state index in [2.05, 4.69) is 15.6 Å². The number of nitrogens with zero attached hydrogens (tertiary/aromatic N) is 3. The fraction of sp³-hybridized carbons (Fsp3) is 0.857. The molecule has 7 nitrogen and oxygen atoms in total. The van der Waals surface area contributed by atoms with Crippen LogP contribution < -0.4 is 5.32 Å². The number of rotatable bonds is 13. The topological polar surface area (TPSA) is 70.4 Å². The molecule has 0 spiro atoms. The van der Waals surface area contributed by atoms with Gasteiger partial charge in [-0.1, -0.05) is 5.21 Å². The van der Waals surface area contributed by atoms with Crippen molar-refractivity contribution in [2.24, 2.45) is 5.92 Å². The van der Waals surface area contributed by atoms with Crippen LogP contribution >= 0.6 is 0 Å². The van der Waals surface area contributed by atoms with Gasteiger partial charge in [0.2, 0.25) is 0 Å². The number of hydrogen-bond acceptors (Lipinski definition) is 6. The average Bonchev–Trinajstić information content (AvgIpc) is 3.20. The predicted octanol–water partition coefficient (Wildman–Crippen LogP) is 0.457. The maximum Gasteiger partial charge on any atom is 0.0964 e. The number of nitrogens with one attached hydrogen (secondary N) is 1. The van der Waals surface area contributed by atoms with Crippen molar-refractivity contribution >= 4 is 0 Å². The Labute approximate surface area is 125 Å². The number of methoxy groups -OCH3 is 1. The first-order valence-electron chi connectivity index (χ1n) is 7.62. The summed E-state index contributed by atoms with van der Waals surface area (Å²) in [5.41, 5.74) is 0.985. The van der Waals surface area contributed by atoms with Gasteiger partial charge in [0.15, 0.2) is 0 Å². The lowest BCUT2D eigenvalue weighted by Gasteiger charge is -2.05. The second kappa shape index (κ2) is 9.83. The molecule has 1 aliphatic carbocycles. The van der Waals surface area contributed by atoms with Gasteiger partial charge in [-0.25, -0.2) is 4.68 Å². The van der Waals surface area contributed by atoms with Crippen molar-refractivity contribution in [3.63, 3.8) is 0 Å². The molecule has 0 radical (unpaired) electrons. The summed E-state index contributed by atoms with van der Waals surface area (Å²) in [5, 5.41) is 11.6. The fourth-order valence-electron chi connectivity index (χ4n) is 1.88. The van der Waals surface area contributed by atoms with Crippen LogP contribution in [0.4, 0.5) is 0 Å². The van der Waals surface area contributed by atoms with Crippen LogP contribution in [0.2, 0.25) is 0 Å². The molecule has 0 unspecified atom stereocenters. The third kappa shape index (κ3) is 7.52. The van der Waals surface area contributed by atoms with E-state index in [-0.39, 0.29) is 0 Å². The summed E-state index contributed by atoms with van der Waals surface area (Å²) in [5.74, 6) is 0.888. The first-order chi connectivity index (χ1) is 10.4. The molecule has 0 aromatic carbocycles. The van der Waals surface area contributed by atoms with Gasteiger partial charge in [0, 0.05) is 19.9 Å². The maximum atomic E-state index is 5.48. The monoisotopic (exact) mass is 298 g/mol. The highest BCUT2D eigenvalue weighted by Crippen LogP contribution is 2.27. The summed E-state index contributed by atoms with van der Waals surface area (Å²) in [6.45, 7) is 5.64. The second-order valence-corrected chi connectivity index (χ2v) is 5.26. The summed E-state index contributed by atoms with van der Waals surface area (Å²) in [7, 11) is 1.66. The Balaban J connectivity index is 1.45. The number of hydrogen-bond donors (Lipinski definition) is 1. The summed E-state index contributed by atoms with van der Waals surface area (Å²) in [6.07, 6.45) is 4.71. The van der Waals surface area contributed by atoms with E-state index in [0.717, 1.165) is 24.7 Å². The minimum absolute atomic E-state index is 0.591. The molecule has 1 saturated carbocycles. The van der Waals surface area contributed by atoms with Crippen molar-refractivity contribution in [2.45, 2.75) is 25.9 Å². The smallest absolute Gasteiger partial charge is 0.0964 e. The lowest BCUT2D eigenvalue weighted by Crippen LogP contribution is -2.16. The minimum atomic E-state index is 0.591. The van der Waals surface area contributed by atoms with Gasteiger partial charge >= 0.3 is 0 Å². The Morgan fingerprint density at radius 3 is 2.71 bits per heavy atom. The zero-order chi connectivity index (χ0) is 14.8. The van der Waals surface area contributed by atoms with E-state index in [1.165, 1.54) is 12.8 Å². The Morgan fingerprint density at radius 2 is 1.95 bits per heavy atom. The van der Waals surface area contributed by atoms with Gasteiger partial charge in [0.25, 0.3) is 0 Å². The Morgan fingerprint density at radius 1 is 1.19 bits per heavy atom. The van der Waals surface area contributed by atoms with Gasteiger partial charge in [0.05, 0.1) is 45.3 Å². The average molecular weight is 298 g/mol. The van der Waals surface area contributed by atoms with Crippen molar-refractivity contribution in [2.75, 3.05) is 46.7 Å². The molecule has 1 heterocycles. The summed E-state index contributed by atoms with van der Waals surface area (Å²) in [6, 6.07) is 0. The highest BCUT2D eigenvalue weighted by molar-refractivity contribution is 4.92. The molecular formula is C14H26N4O3. The zero-order valence-corrected chi connectivity index (χ0v) is 12.8. The van der Waals surface area contributed by atoms with Crippen molar-refractivity contribution < 1.29 is 14.2 Å². The van der Waals surface area contributed by atoms with E-state index in [1.807, 2.05) is 10.9 Å². The van der Waals surface area contributed by atoms with Crippen LogP contribution in [0.5, 0.6) is 0 Å². The Hall–Kier alpha value is -1.02. The van der Waals surface area contributed by atoms with Crippen molar-refractivity contribution in [3.8, 4) is 0 Å². The molecule has 0 saturated heterocycles. The molecule has 0 amide bonds. The van der Waals surface area contributed by atoms with E-state index in [9.17, 15) is 0 Å². The van der Waals surface area contributed by atoms with Gasteiger partial charge in [-0.3, -0.25) is 0 Å².